The Morgan fingerprint density at radius 3 is 1.35 bits per heavy atom. The molecule has 0 aliphatic carbocycles. The maximum Gasteiger partial charge on any atom is 0.423 e. The predicted octanol–water partition coefficient (Wildman–Crippen LogP) is 3.82. The SMILES string of the molecule is FC(F)(F)C(Br)COC(C(F)(F)F)C(F)(F)F. The Morgan fingerprint density at radius 1 is 0.765 bits per heavy atom. The molecule has 0 rings (SSSR count). The third kappa shape index (κ3) is 5.80. The molecule has 0 radical (unpaired) electrons. The Kier molecular flexibility index (Phi) is 5.15. The molecule has 0 aliphatic rings. The molecule has 1 nitrogen and oxygen atoms in total. The first-order valence-corrected chi connectivity index (χ1v) is 4.63. The van der Waals surface area contributed by atoms with E-state index in [1.165, 1.54) is 0 Å². The molecule has 1 unspecified atom stereocenters. The zero-order chi connectivity index (χ0) is 14.1. The van der Waals surface area contributed by atoms with E-state index in [4.69, 9.17) is 0 Å². The van der Waals surface area contributed by atoms with Gasteiger partial charge in [-0.15, -0.1) is 0 Å². The molecule has 0 N–H and O–H groups in total. The standard InChI is InChI=1S/C6H4BrF9O/c7-2(4(8,9)10)1-17-3(5(11,12)13)6(14,15)16/h2-3H,1H2. The van der Waals surface area contributed by atoms with E-state index in [-0.39, 0.29) is 0 Å². The molecular weight excluding hydrogens is 339 g/mol. The molecular formula is C6H4BrF9O. The summed E-state index contributed by atoms with van der Waals surface area (Å²) < 4.78 is 110. The summed E-state index contributed by atoms with van der Waals surface area (Å²) in [6, 6.07) is 0. The molecule has 0 aromatic heterocycles. The van der Waals surface area contributed by atoms with Gasteiger partial charge in [-0.2, -0.15) is 39.5 Å². The number of halogens is 10. The Hall–Kier alpha value is -0.190. The number of hydrogen-bond acceptors (Lipinski definition) is 1. The lowest BCUT2D eigenvalue weighted by Crippen LogP contribution is -2.46. The molecule has 0 aromatic carbocycles. The van der Waals surface area contributed by atoms with Crippen molar-refractivity contribution in [3.8, 4) is 0 Å². The number of ether oxygens (including phenoxy) is 1. The molecule has 0 saturated carbocycles. The van der Waals surface area contributed by atoms with Crippen molar-refractivity contribution < 1.29 is 44.3 Å². The van der Waals surface area contributed by atoms with Crippen molar-refractivity contribution in [1.82, 2.24) is 0 Å². The van der Waals surface area contributed by atoms with Crippen molar-refractivity contribution in [3.05, 3.63) is 0 Å². The molecule has 1 atom stereocenters. The zero-order valence-corrected chi connectivity index (χ0v) is 9.14. The average Bonchev–Trinajstić information content (AvgIpc) is 1.96. The van der Waals surface area contributed by atoms with Crippen LogP contribution in [0.1, 0.15) is 0 Å². The largest absolute Gasteiger partial charge is 0.423 e. The maximum atomic E-state index is 11.8. The Balaban J connectivity index is 4.61. The van der Waals surface area contributed by atoms with E-state index in [9.17, 15) is 39.5 Å². The van der Waals surface area contributed by atoms with Crippen LogP contribution in [0.15, 0.2) is 0 Å². The third-order valence-electron chi connectivity index (χ3n) is 1.36. The van der Waals surface area contributed by atoms with Crippen molar-refractivity contribution in [2.45, 2.75) is 29.5 Å². The molecule has 11 heteroatoms. The summed E-state index contributed by atoms with van der Waals surface area (Å²) in [7, 11) is 0. The van der Waals surface area contributed by atoms with Gasteiger partial charge < -0.3 is 4.74 Å². The van der Waals surface area contributed by atoms with Gasteiger partial charge in [-0.25, -0.2) is 0 Å². The summed E-state index contributed by atoms with van der Waals surface area (Å²) in [5, 5.41) is 0. The zero-order valence-electron chi connectivity index (χ0n) is 7.55. The summed E-state index contributed by atoms with van der Waals surface area (Å²) in [4.78, 5) is -2.61. The average molecular weight is 343 g/mol. The molecule has 0 fully saturated rings. The first-order chi connectivity index (χ1) is 7.26. The van der Waals surface area contributed by atoms with Gasteiger partial charge >= 0.3 is 18.5 Å². The highest BCUT2D eigenvalue weighted by atomic mass is 79.9. The summed E-state index contributed by atoms with van der Waals surface area (Å²) >= 11 is 1.88. The molecule has 17 heavy (non-hydrogen) atoms. The fraction of sp³-hybridized carbons (Fsp3) is 1.00. The van der Waals surface area contributed by atoms with E-state index in [0.717, 1.165) is 0 Å². The van der Waals surface area contributed by atoms with E-state index in [0.29, 0.717) is 0 Å². The van der Waals surface area contributed by atoms with Crippen LogP contribution in [-0.2, 0) is 4.74 Å². The highest BCUT2D eigenvalue weighted by Crippen LogP contribution is 2.37. The molecule has 0 amide bonds. The van der Waals surface area contributed by atoms with Crippen LogP contribution in [-0.4, -0.2) is 36.1 Å². The van der Waals surface area contributed by atoms with Crippen LogP contribution in [0.3, 0.4) is 0 Å². The summed E-state index contributed by atoms with van der Waals surface area (Å²) in [5.41, 5.74) is 0. The van der Waals surface area contributed by atoms with E-state index in [2.05, 4.69) is 4.74 Å². The van der Waals surface area contributed by atoms with Crippen molar-refractivity contribution in [2.24, 2.45) is 0 Å². The van der Waals surface area contributed by atoms with Crippen LogP contribution >= 0.6 is 15.9 Å². The van der Waals surface area contributed by atoms with Crippen molar-refractivity contribution in [3.63, 3.8) is 0 Å². The maximum absolute atomic E-state index is 11.8. The smallest absolute Gasteiger partial charge is 0.359 e. The van der Waals surface area contributed by atoms with Gasteiger partial charge in [-0.05, 0) is 0 Å². The van der Waals surface area contributed by atoms with E-state index < -0.39 is 36.1 Å². The molecule has 0 saturated heterocycles. The van der Waals surface area contributed by atoms with Crippen LogP contribution < -0.4 is 0 Å². The van der Waals surface area contributed by atoms with E-state index >= 15 is 0 Å². The minimum absolute atomic E-state index is 1.80. The Labute approximate surface area is 97.0 Å². The van der Waals surface area contributed by atoms with Gasteiger partial charge in [0.1, 0.15) is 4.83 Å². The van der Waals surface area contributed by atoms with Crippen molar-refractivity contribution in [2.75, 3.05) is 6.61 Å². The molecule has 104 valence electrons. The van der Waals surface area contributed by atoms with Crippen LogP contribution in [0.2, 0.25) is 0 Å². The van der Waals surface area contributed by atoms with Gasteiger partial charge in [0, 0.05) is 0 Å². The molecule has 0 bridgehead atoms. The predicted molar refractivity (Wildman–Crippen MR) is 40.6 cm³/mol. The summed E-state index contributed by atoms with van der Waals surface area (Å²) in [5.74, 6) is 0. The lowest BCUT2D eigenvalue weighted by Gasteiger charge is -2.24. The summed E-state index contributed by atoms with van der Waals surface area (Å²) in [6.07, 6.45) is -20.9. The fourth-order valence-corrected chi connectivity index (χ4v) is 0.802. The highest BCUT2D eigenvalue weighted by Gasteiger charge is 2.58. The van der Waals surface area contributed by atoms with Crippen LogP contribution in [0.25, 0.3) is 0 Å². The van der Waals surface area contributed by atoms with Crippen molar-refractivity contribution in [1.29, 1.82) is 0 Å². The number of alkyl halides is 10. The second-order valence-electron chi connectivity index (χ2n) is 2.81. The van der Waals surface area contributed by atoms with Gasteiger partial charge in [0.25, 0.3) is 0 Å². The number of hydrogen-bond donors (Lipinski definition) is 0. The molecule has 0 aliphatic heterocycles. The van der Waals surface area contributed by atoms with Gasteiger partial charge in [0.05, 0.1) is 6.61 Å². The summed E-state index contributed by atoms with van der Waals surface area (Å²) in [6.45, 7) is -1.80. The second kappa shape index (κ2) is 5.21. The third-order valence-corrected chi connectivity index (χ3v) is 2.14. The highest BCUT2D eigenvalue weighted by molar-refractivity contribution is 9.09. The minimum Gasteiger partial charge on any atom is -0.359 e. The molecule has 0 spiro atoms. The Morgan fingerprint density at radius 2 is 1.12 bits per heavy atom. The fourth-order valence-electron chi connectivity index (χ4n) is 0.650. The molecule has 0 heterocycles. The lowest BCUT2D eigenvalue weighted by molar-refractivity contribution is -0.324. The lowest BCUT2D eigenvalue weighted by atomic mass is 10.3. The first kappa shape index (κ1) is 16.8. The van der Waals surface area contributed by atoms with Crippen LogP contribution in [0.4, 0.5) is 39.5 Å². The number of rotatable bonds is 3. The van der Waals surface area contributed by atoms with Crippen LogP contribution in [0.5, 0.6) is 0 Å². The van der Waals surface area contributed by atoms with E-state index in [1.54, 1.807) is 0 Å². The van der Waals surface area contributed by atoms with Gasteiger partial charge in [0.2, 0.25) is 6.10 Å². The normalized spacial score (nSPS) is 16.4. The Bertz CT molecular complexity index is 227. The second-order valence-corrected chi connectivity index (χ2v) is 3.91. The minimum atomic E-state index is -5.82. The first-order valence-electron chi connectivity index (χ1n) is 3.72. The quantitative estimate of drug-likeness (QED) is 0.559. The van der Waals surface area contributed by atoms with Crippen molar-refractivity contribution >= 4 is 15.9 Å². The molecule has 0 aromatic rings. The van der Waals surface area contributed by atoms with Gasteiger partial charge in [-0.3, -0.25) is 0 Å². The van der Waals surface area contributed by atoms with Crippen LogP contribution in [0, 0.1) is 0 Å². The monoisotopic (exact) mass is 342 g/mol. The van der Waals surface area contributed by atoms with Gasteiger partial charge in [0.15, 0.2) is 0 Å². The topological polar surface area (TPSA) is 9.23 Å². The van der Waals surface area contributed by atoms with E-state index in [1.807, 2.05) is 15.9 Å². The van der Waals surface area contributed by atoms with Gasteiger partial charge in [-0.1, -0.05) is 15.9 Å².